The summed E-state index contributed by atoms with van der Waals surface area (Å²) in [5, 5.41) is 30.7. The van der Waals surface area contributed by atoms with Gasteiger partial charge in [0.05, 0.1) is 13.0 Å². The summed E-state index contributed by atoms with van der Waals surface area (Å²) in [6, 6.07) is 9.08. The number of tetrazole rings is 1. The molecule has 15 heteroatoms. The summed E-state index contributed by atoms with van der Waals surface area (Å²) in [5.74, 6) is -3.31. The second kappa shape index (κ2) is 14.1. The van der Waals surface area contributed by atoms with Gasteiger partial charge < -0.3 is 21.1 Å². The van der Waals surface area contributed by atoms with Crippen molar-refractivity contribution in [3.8, 4) is 0 Å². The molecule has 0 radical (unpaired) electrons. The van der Waals surface area contributed by atoms with Crippen LogP contribution < -0.4 is 20.9 Å². The first-order valence-electron chi connectivity index (χ1n) is 13.8. The minimum absolute atomic E-state index is 0.0461. The Labute approximate surface area is 246 Å². The number of benzene rings is 1. The lowest BCUT2D eigenvalue weighted by molar-refractivity contribution is -0.138. The van der Waals surface area contributed by atoms with E-state index in [0.29, 0.717) is 5.56 Å². The SMILES string of the molecule is CC(C)[C@H](NC(=O)Cc1ccccc1)C(=O)N[C@@H](CCC(=O)O)C(=O)N1c2ncccc2C[C@H]1C(=O)NCc1nn[nH]n1. The molecule has 0 fully saturated rings. The van der Waals surface area contributed by atoms with Crippen LogP contribution in [0.15, 0.2) is 48.7 Å². The van der Waals surface area contributed by atoms with Gasteiger partial charge in [0.2, 0.25) is 17.7 Å². The highest BCUT2D eigenvalue weighted by Gasteiger charge is 2.42. The number of nitrogens with one attached hydrogen (secondary N) is 4. The van der Waals surface area contributed by atoms with Gasteiger partial charge in [-0.25, -0.2) is 4.98 Å². The van der Waals surface area contributed by atoms with Crippen LogP contribution in [0.2, 0.25) is 0 Å². The van der Waals surface area contributed by atoms with Crippen molar-refractivity contribution >= 4 is 35.4 Å². The molecule has 1 aliphatic heterocycles. The summed E-state index contributed by atoms with van der Waals surface area (Å²) in [6.07, 6.45) is 0.993. The number of aromatic amines is 1. The maximum atomic E-state index is 14.0. The summed E-state index contributed by atoms with van der Waals surface area (Å²) in [6.45, 7) is 3.44. The molecule has 1 aliphatic rings. The standard InChI is InChI=1S/C28H33N9O6/c1-16(2)24(32-22(38)13-17-7-4-3-5-8-17)27(42)31-19(10-11-23(39)40)28(43)37-20(14-18-9-6-12-29-25(18)37)26(41)30-15-21-33-35-36-34-21/h3-9,12,16,19-20,24H,10-11,13-15H2,1-2H3,(H,30,41)(H,31,42)(H,32,38)(H,39,40)(H,33,34,35,36)/t19-,20-,24-/m0/s1. The highest BCUT2D eigenvalue weighted by atomic mass is 16.4. The van der Waals surface area contributed by atoms with Gasteiger partial charge in [0.15, 0.2) is 5.82 Å². The number of rotatable bonds is 13. The number of hydrogen-bond donors (Lipinski definition) is 5. The zero-order valence-corrected chi connectivity index (χ0v) is 23.7. The van der Waals surface area contributed by atoms with E-state index in [4.69, 9.17) is 0 Å². The Kier molecular flexibility index (Phi) is 10.1. The van der Waals surface area contributed by atoms with E-state index in [1.54, 1.807) is 50.2 Å². The molecule has 2 aromatic heterocycles. The van der Waals surface area contributed by atoms with Crippen molar-refractivity contribution in [2.75, 3.05) is 4.90 Å². The topological polar surface area (TPSA) is 212 Å². The Morgan fingerprint density at radius 1 is 1.07 bits per heavy atom. The highest BCUT2D eigenvalue weighted by Crippen LogP contribution is 2.31. The van der Waals surface area contributed by atoms with E-state index in [2.05, 4.69) is 41.6 Å². The van der Waals surface area contributed by atoms with Crippen LogP contribution in [0, 0.1) is 5.92 Å². The van der Waals surface area contributed by atoms with Gasteiger partial charge in [-0.3, -0.25) is 28.9 Å². The summed E-state index contributed by atoms with van der Waals surface area (Å²) in [4.78, 5) is 70.5. The Bertz CT molecular complexity index is 1450. The van der Waals surface area contributed by atoms with Crippen LogP contribution in [0.1, 0.15) is 43.6 Å². The lowest BCUT2D eigenvalue weighted by Gasteiger charge is -2.30. The number of anilines is 1. The number of amides is 4. The Morgan fingerprint density at radius 3 is 2.51 bits per heavy atom. The molecule has 4 amide bonds. The molecule has 0 unspecified atom stereocenters. The lowest BCUT2D eigenvalue weighted by atomic mass is 10.0. The van der Waals surface area contributed by atoms with Crippen molar-refractivity contribution in [1.82, 2.24) is 41.6 Å². The number of carboxylic acid groups (broad SMARTS) is 1. The van der Waals surface area contributed by atoms with E-state index in [9.17, 15) is 29.1 Å². The molecule has 0 saturated heterocycles. The van der Waals surface area contributed by atoms with Gasteiger partial charge in [-0.1, -0.05) is 55.5 Å². The van der Waals surface area contributed by atoms with E-state index in [1.807, 2.05) is 6.07 Å². The number of aliphatic carboxylic acids is 1. The molecular formula is C28H33N9O6. The number of H-pyrrole nitrogens is 1. The maximum Gasteiger partial charge on any atom is 0.303 e. The lowest BCUT2D eigenvalue weighted by Crippen LogP contribution is -2.58. The summed E-state index contributed by atoms with van der Waals surface area (Å²) < 4.78 is 0. The smallest absolute Gasteiger partial charge is 0.303 e. The van der Waals surface area contributed by atoms with Crippen molar-refractivity contribution < 1.29 is 29.1 Å². The van der Waals surface area contributed by atoms with Crippen LogP contribution >= 0.6 is 0 Å². The van der Waals surface area contributed by atoms with Gasteiger partial charge in [0.25, 0.3) is 5.91 Å². The summed E-state index contributed by atoms with van der Waals surface area (Å²) in [5.41, 5.74) is 1.40. The molecule has 4 rings (SSSR count). The van der Waals surface area contributed by atoms with E-state index in [1.165, 1.54) is 11.1 Å². The molecule has 15 nitrogen and oxygen atoms in total. The van der Waals surface area contributed by atoms with Crippen molar-refractivity contribution in [2.24, 2.45) is 5.92 Å². The number of fused-ring (bicyclic) bond motifs is 1. The quantitative estimate of drug-likeness (QED) is 0.178. The molecule has 1 aromatic carbocycles. The fraction of sp³-hybridized carbons (Fsp3) is 0.393. The Morgan fingerprint density at radius 2 is 1.84 bits per heavy atom. The third-order valence-electron chi connectivity index (χ3n) is 6.91. The van der Waals surface area contributed by atoms with Crippen molar-refractivity contribution in [3.05, 3.63) is 65.6 Å². The first-order valence-corrected chi connectivity index (χ1v) is 13.8. The maximum absolute atomic E-state index is 14.0. The molecule has 0 bridgehead atoms. The first kappa shape index (κ1) is 30.7. The monoisotopic (exact) mass is 591 g/mol. The molecule has 0 aliphatic carbocycles. The van der Waals surface area contributed by atoms with Gasteiger partial charge in [-0.05, 0) is 29.5 Å². The molecule has 3 aromatic rings. The molecule has 3 atom stereocenters. The second-order valence-electron chi connectivity index (χ2n) is 10.4. The largest absolute Gasteiger partial charge is 0.481 e. The fourth-order valence-electron chi connectivity index (χ4n) is 4.76. The number of aromatic nitrogens is 5. The predicted molar refractivity (Wildman–Crippen MR) is 151 cm³/mol. The molecule has 0 spiro atoms. The zero-order valence-electron chi connectivity index (χ0n) is 23.7. The van der Waals surface area contributed by atoms with Crippen LogP contribution in [-0.4, -0.2) is 78.4 Å². The number of carbonyl (C=O) groups is 5. The van der Waals surface area contributed by atoms with Gasteiger partial charge in [-0.2, -0.15) is 5.21 Å². The van der Waals surface area contributed by atoms with Crippen molar-refractivity contribution in [3.63, 3.8) is 0 Å². The Balaban J connectivity index is 1.53. The predicted octanol–water partition coefficient (Wildman–Crippen LogP) is -0.0981. The number of nitrogens with zero attached hydrogens (tertiary/aromatic N) is 5. The van der Waals surface area contributed by atoms with Gasteiger partial charge in [0, 0.05) is 19.0 Å². The minimum Gasteiger partial charge on any atom is -0.481 e. The molecular weight excluding hydrogens is 558 g/mol. The van der Waals surface area contributed by atoms with Crippen LogP contribution in [0.4, 0.5) is 5.82 Å². The van der Waals surface area contributed by atoms with Crippen LogP contribution in [-0.2, 0) is 43.4 Å². The van der Waals surface area contributed by atoms with E-state index < -0.39 is 48.2 Å². The summed E-state index contributed by atoms with van der Waals surface area (Å²) in [7, 11) is 0. The molecule has 3 heterocycles. The molecule has 43 heavy (non-hydrogen) atoms. The number of carboxylic acids is 1. The highest BCUT2D eigenvalue weighted by molar-refractivity contribution is 6.06. The van der Waals surface area contributed by atoms with E-state index >= 15 is 0 Å². The molecule has 0 saturated carbocycles. The van der Waals surface area contributed by atoms with Gasteiger partial charge in [0.1, 0.15) is 23.9 Å². The minimum atomic E-state index is -1.32. The van der Waals surface area contributed by atoms with E-state index in [0.717, 1.165) is 5.56 Å². The van der Waals surface area contributed by atoms with Crippen LogP contribution in [0.3, 0.4) is 0 Å². The molecule has 5 N–H and O–H groups in total. The average molecular weight is 592 g/mol. The van der Waals surface area contributed by atoms with E-state index in [-0.39, 0.29) is 49.3 Å². The summed E-state index contributed by atoms with van der Waals surface area (Å²) >= 11 is 0. The van der Waals surface area contributed by atoms with Gasteiger partial charge >= 0.3 is 5.97 Å². The fourth-order valence-corrected chi connectivity index (χ4v) is 4.76. The first-order chi connectivity index (χ1) is 20.6. The van der Waals surface area contributed by atoms with Crippen molar-refractivity contribution in [1.29, 1.82) is 0 Å². The average Bonchev–Trinajstić information content (AvgIpc) is 3.65. The van der Waals surface area contributed by atoms with Crippen LogP contribution in [0.25, 0.3) is 0 Å². The Hall–Kier alpha value is -5.21. The number of hydrogen-bond acceptors (Lipinski definition) is 9. The zero-order chi connectivity index (χ0) is 30.9. The normalized spacial score (nSPS) is 15.3. The third kappa shape index (κ3) is 7.96. The van der Waals surface area contributed by atoms with Gasteiger partial charge in [-0.15, -0.1) is 10.2 Å². The number of carbonyl (C=O) groups excluding carboxylic acids is 4. The van der Waals surface area contributed by atoms with Crippen LogP contribution in [0.5, 0.6) is 0 Å². The molecule has 226 valence electrons. The second-order valence-corrected chi connectivity index (χ2v) is 10.4. The van der Waals surface area contributed by atoms with Crippen molar-refractivity contribution in [2.45, 2.75) is 64.2 Å². The number of pyridine rings is 1. The third-order valence-corrected chi connectivity index (χ3v) is 6.91.